The summed E-state index contributed by atoms with van der Waals surface area (Å²) in [6, 6.07) is 11.6. The first kappa shape index (κ1) is 20.2. The van der Waals surface area contributed by atoms with Crippen LogP contribution in [-0.4, -0.2) is 25.1 Å². The summed E-state index contributed by atoms with van der Waals surface area (Å²) in [5.41, 5.74) is -0.355. The molecule has 0 heterocycles. The van der Waals surface area contributed by atoms with E-state index in [0.29, 0.717) is 22.6 Å². The zero-order chi connectivity index (χ0) is 21.1. The average Bonchev–Trinajstić information content (AvgIpc) is 2.73. The van der Waals surface area contributed by atoms with Crippen molar-refractivity contribution in [1.29, 1.82) is 0 Å². The van der Waals surface area contributed by atoms with Crippen molar-refractivity contribution in [3.63, 3.8) is 0 Å². The Morgan fingerprint density at radius 2 is 1.62 bits per heavy atom. The second kappa shape index (κ2) is 8.22. The molecule has 3 aromatic rings. The van der Waals surface area contributed by atoms with Crippen LogP contribution in [0.4, 0.5) is 18.9 Å². The summed E-state index contributed by atoms with van der Waals surface area (Å²) in [5.74, 6) is -5.75. The fourth-order valence-electron chi connectivity index (χ4n) is 2.76. The number of amides is 1. The Bertz CT molecular complexity index is 1100. The summed E-state index contributed by atoms with van der Waals surface area (Å²) in [6.45, 7) is 1.27. The van der Waals surface area contributed by atoms with E-state index in [9.17, 15) is 22.8 Å². The van der Waals surface area contributed by atoms with Crippen molar-refractivity contribution in [1.82, 2.24) is 0 Å². The molecule has 3 aromatic carbocycles. The van der Waals surface area contributed by atoms with E-state index < -0.39 is 41.1 Å². The fourth-order valence-corrected chi connectivity index (χ4v) is 2.76. The zero-order valence-electron chi connectivity index (χ0n) is 15.5. The van der Waals surface area contributed by atoms with E-state index in [2.05, 4.69) is 5.32 Å². The molecule has 5 nitrogen and oxygen atoms in total. The van der Waals surface area contributed by atoms with Crippen LogP contribution in [0.3, 0.4) is 0 Å². The normalized spacial score (nSPS) is 11.8. The highest BCUT2D eigenvalue weighted by molar-refractivity contribution is 6.07. The van der Waals surface area contributed by atoms with Gasteiger partial charge in [-0.3, -0.25) is 4.79 Å². The molecule has 150 valence electrons. The van der Waals surface area contributed by atoms with Crippen molar-refractivity contribution in [2.45, 2.75) is 13.0 Å². The van der Waals surface area contributed by atoms with Gasteiger partial charge in [0.05, 0.1) is 18.4 Å². The molecule has 29 heavy (non-hydrogen) atoms. The summed E-state index contributed by atoms with van der Waals surface area (Å²) < 4.78 is 50.4. The highest BCUT2D eigenvalue weighted by Gasteiger charge is 2.23. The van der Waals surface area contributed by atoms with Crippen LogP contribution in [0.2, 0.25) is 0 Å². The third-order valence-corrected chi connectivity index (χ3v) is 4.27. The highest BCUT2D eigenvalue weighted by Crippen LogP contribution is 2.29. The van der Waals surface area contributed by atoms with Crippen LogP contribution in [0.25, 0.3) is 10.8 Å². The Hall–Kier alpha value is -3.55. The minimum absolute atomic E-state index is 0.208. The number of fused-ring (bicyclic) bond motifs is 1. The van der Waals surface area contributed by atoms with Crippen LogP contribution >= 0.6 is 0 Å². The molecule has 0 aliphatic carbocycles. The molecule has 0 aromatic heterocycles. The van der Waals surface area contributed by atoms with Crippen molar-refractivity contribution < 1.29 is 32.2 Å². The van der Waals surface area contributed by atoms with Gasteiger partial charge in [0.2, 0.25) is 0 Å². The number of rotatable bonds is 5. The van der Waals surface area contributed by atoms with E-state index in [1.54, 1.807) is 30.3 Å². The summed E-state index contributed by atoms with van der Waals surface area (Å²) in [4.78, 5) is 24.8. The summed E-state index contributed by atoms with van der Waals surface area (Å²) >= 11 is 0. The minimum Gasteiger partial charge on any atom is -0.496 e. The average molecular weight is 403 g/mol. The molecule has 0 fully saturated rings. The Labute approximate surface area is 164 Å². The summed E-state index contributed by atoms with van der Waals surface area (Å²) in [7, 11) is 1.50. The van der Waals surface area contributed by atoms with Gasteiger partial charge in [-0.1, -0.05) is 24.3 Å². The Kier molecular flexibility index (Phi) is 5.72. The van der Waals surface area contributed by atoms with Crippen molar-refractivity contribution >= 4 is 28.3 Å². The number of esters is 1. The predicted molar refractivity (Wildman–Crippen MR) is 100 cm³/mol. The quantitative estimate of drug-likeness (QED) is 0.505. The summed E-state index contributed by atoms with van der Waals surface area (Å²) in [6.07, 6.45) is -1.32. The van der Waals surface area contributed by atoms with Crippen LogP contribution in [0.15, 0.2) is 48.5 Å². The van der Waals surface area contributed by atoms with E-state index in [4.69, 9.17) is 9.47 Å². The monoisotopic (exact) mass is 403 g/mol. The Morgan fingerprint density at radius 3 is 2.31 bits per heavy atom. The van der Waals surface area contributed by atoms with E-state index in [-0.39, 0.29) is 5.56 Å². The lowest BCUT2D eigenvalue weighted by Crippen LogP contribution is -2.30. The molecule has 3 rings (SSSR count). The van der Waals surface area contributed by atoms with Crippen molar-refractivity contribution in [2.75, 3.05) is 12.4 Å². The molecule has 0 spiro atoms. The van der Waals surface area contributed by atoms with E-state index >= 15 is 0 Å². The van der Waals surface area contributed by atoms with Crippen molar-refractivity contribution in [3.05, 3.63) is 71.5 Å². The maximum absolute atomic E-state index is 13.7. The molecule has 0 saturated heterocycles. The number of nitrogens with one attached hydrogen (secondary N) is 1. The van der Waals surface area contributed by atoms with Crippen LogP contribution in [-0.2, 0) is 9.53 Å². The molecule has 1 atom stereocenters. The third-order valence-electron chi connectivity index (χ3n) is 4.27. The zero-order valence-corrected chi connectivity index (χ0v) is 15.5. The molecule has 0 aliphatic rings. The van der Waals surface area contributed by atoms with Gasteiger partial charge in [-0.15, -0.1) is 0 Å². The van der Waals surface area contributed by atoms with E-state index in [0.717, 1.165) is 6.07 Å². The van der Waals surface area contributed by atoms with Gasteiger partial charge < -0.3 is 14.8 Å². The lowest BCUT2D eigenvalue weighted by Gasteiger charge is -2.15. The number of halogens is 3. The topological polar surface area (TPSA) is 64.6 Å². The van der Waals surface area contributed by atoms with Crippen LogP contribution < -0.4 is 10.1 Å². The van der Waals surface area contributed by atoms with Gasteiger partial charge in [-0.25, -0.2) is 18.0 Å². The first-order valence-electron chi connectivity index (χ1n) is 8.54. The SMILES string of the molecule is COc1ccc(C(=O)O[C@H](C)C(=O)Nc2ccc(F)c(F)c2F)c2ccccc12. The number of carbonyl (C=O) groups is 2. The highest BCUT2D eigenvalue weighted by atomic mass is 19.2. The molecule has 1 N–H and O–H groups in total. The first-order chi connectivity index (χ1) is 13.8. The molecular weight excluding hydrogens is 387 g/mol. The summed E-state index contributed by atoms with van der Waals surface area (Å²) in [5, 5.41) is 3.32. The van der Waals surface area contributed by atoms with Gasteiger partial charge >= 0.3 is 5.97 Å². The molecule has 0 radical (unpaired) electrons. The maximum atomic E-state index is 13.7. The van der Waals surface area contributed by atoms with Gasteiger partial charge in [0.25, 0.3) is 5.91 Å². The number of ether oxygens (including phenoxy) is 2. The first-order valence-corrected chi connectivity index (χ1v) is 8.54. The van der Waals surface area contributed by atoms with Crippen LogP contribution in [0.1, 0.15) is 17.3 Å². The smallest absolute Gasteiger partial charge is 0.339 e. The number of benzene rings is 3. The fraction of sp³-hybridized carbons (Fsp3) is 0.143. The standard InChI is InChI=1S/C21H16F3NO4/c1-11(20(26)25-16-9-8-15(22)18(23)19(16)24)29-21(27)14-7-10-17(28-2)13-6-4-3-5-12(13)14/h3-11H,1-2H3,(H,25,26)/t11-/m1/s1. The second-order valence-corrected chi connectivity index (χ2v) is 6.12. The lowest BCUT2D eigenvalue weighted by molar-refractivity contribution is -0.123. The Morgan fingerprint density at radius 1 is 0.931 bits per heavy atom. The van der Waals surface area contributed by atoms with Gasteiger partial charge in [0.1, 0.15) is 5.75 Å². The van der Waals surface area contributed by atoms with E-state index in [1.807, 2.05) is 0 Å². The number of methoxy groups -OCH3 is 1. The maximum Gasteiger partial charge on any atom is 0.339 e. The van der Waals surface area contributed by atoms with Crippen LogP contribution in [0.5, 0.6) is 5.75 Å². The number of anilines is 1. The molecule has 0 bridgehead atoms. The molecule has 0 unspecified atom stereocenters. The van der Waals surface area contributed by atoms with E-state index in [1.165, 1.54) is 20.1 Å². The molecule has 1 amide bonds. The van der Waals surface area contributed by atoms with Gasteiger partial charge in [-0.05, 0) is 36.6 Å². The minimum atomic E-state index is -1.71. The molecule has 8 heteroatoms. The lowest BCUT2D eigenvalue weighted by atomic mass is 10.0. The van der Waals surface area contributed by atoms with Crippen LogP contribution in [0, 0.1) is 17.5 Å². The van der Waals surface area contributed by atoms with Gasteiger partial charge in [0, 0.05) is 5.39 Å². The largest absolute Gasteiger partial charge is 0.496 e. The second-order valence-electron chi connectivity index (χ2n) is 6.12. The molecule has 0 saturated carbocycles. The molecule has 0 aliphatic heterocycles. The van der Waals surface area contributed by atoms with Gasteiger partial charge in [0.15, 0.2) is 23.6 Å². The molecular formula is C21H16F3NO4. The predicted octanol–water partition coefficient (Wildman–Crippen LogP) is 4.45. The van der Waals surface area contributed by atoms with Crippen molar-refractivity contribution in [2.24, 2.45) is 0 Å². The number of hydrogen-bond acceptors (Lipinski definition) is 4. The van der Waals surface area contributed by atoms with Crippen molar-refractivity contribution in [3.8, 4) is 5.75 Å². The van der Waals surface area contributed by atoms with Gasteiger partial charge in [-0.2, -0.15) is 0 Å². The Balaban J connectivity index is 1.78. The third kappa shape index (κ3) is 4.01. The number of carbonyl (C=O) groups excluding carboxylic acids is 2. The number of hydrogen-bond donors (Lipinski definition) is 1.